The number of aromatic nitrogens is 5. The highest BCUT2D eigenvalue weighted by Gasteiger charge is 2.36. The predicted octanol–water partition coefficient (Wildman–Crippen LogP) is 0.351. The molecule has 21 heavy (non-hydrogen) atoms. The smallest absolute Gasteiger partial charge is 0.253 e. The van der Waals surface area contributed by atoms with Crippen molar-refractivity contribution >= 4 is 11.7 Å². The van der Waals surface area contributed by atoms with Crippen LogP contribution in [0.1, 0.15) is 36.9 Å². The Kier molecular flexibility index (Phi) is 3.25. The van der Waals surface area contributed by atoms with Gasteiger partial charge in [-0.3, -0.25) is 14.4 Å². The fourth-order valence-corrected chi connectivity index (χ4v) is 2.62. The van der Waals surface area contributed by atoms with E-state index in [0.717, 1.165) is 11.5 Å². The lowest BCUT2D eigenvalue weighted by Crippen LogP contribution is -2.30. The van der Waals surface area contributed by atoms with Gasteiger partial charge in [-0.15, -0.1) is 5.10 Å². The molecule has 1 saturated heterocycles. The zero-order chi connectivity index (χ0) is 15.1. The summed E-state index contributed by atoms with van der Waals surface area (Å²) >= 11 is 0. The Morgan fingerprint density at radius 2 is 2.24 bits per heavy atom. The number of aliphatic hydroxyl groups is 1. The molecule has 0 saturated carbocycles. The lowest BCUT2D eigenvalue weighted by atomic mass is 10.2. The van der Waals surface area contributed by atoms with Crippen LogP contribution in [0.4, 0.5) is 5.82 Å². The van der Waals surface area contributed by atoms with Crippen LogP contribution in [-0.2, 0) is 11.8 Å². The van der Waals surface area contributed by atoms with E-state index in [0.29, 0.717) is 18.7 Å². The molecule has 0 aliphatic carbocycles. The molecule has 0 radical (unpaired) electrons. The molecule has 1 aliphatic rings. The summed E-state index contributed by atoms with van der Waals surface area (Å²) in [5.41, 5.74) is 1.35. The van der Waals surface area contributed by atoms with Crippen LogP contribution in [0, 0.1) is 6.92 Å². The molecule has 3 heterocycles. The number of anilines is 1. The monoisotopic (exact) mass is 290 g/mol. The van der Waals surface area contributed by atoms with Crippen molar-refractivity contribution in [3.05, 3.63) is 23.7 Å². The molecule has 1 fully saturated rings. The Morgan fingerprint density at radius 3 is 2.81 bits per heavy atom. The topological polar surface area (TPSA) is 89.1 Å². The molecule has 0 aromatic carbocycles. The minimum Gasteiger partial charge on any atom is -0.387 e. The van der Waals surface area contributed by atoms with Crippen LogP contribution in [0.15, 0.2) is 12.3 Å². The molecule has 0 bridgehead atoms. The second-order valence-corrected chi connectivity index (χ2v) is 5.36. The first kappa shape index (κ1) is 13.7. The maximum Gasteiger partial charge on any atom is 0.253 e. The summed E-state index contributed by atoms with van der Waals surface area (Å²) in [6, 6.07) is 1.52. The molecule has 8 heteroatoms. The third kappa shape index (κ3) is 2.31. The van der Waals surface area contributed by atoms with Crippen molar-refractivity contribution in [2.24, 2.45) is 7.05 Å². The van der Waals surface area contributed by atoms with E-state index in [-0.39, 0.29) is 11.9 Å². The molecular formula is C13H18N6O2. The first-order valence-electron chi connectivity index (χ1n) is 6.89. The molecule has 112 valence electrons. The van der Waals surface area contributed by atoms with Gasteiger partial charge in [0.15, 0.2) is 0 Å². The summed E-state index contributed by atoms with van der Waals surface area (Å²) in [5.74, 6) is 0.760. The maximum absolute atomic E-state index is 12.6. The van der Waals surface area contributed by atoms with Gasteiger partial charge < -0.3 is 5.11 Å². The number of aliphatic hydroxyl groups excluding tert-OH is 1. The van der Waals surface area contributed by atoms with Gasteiger partial charge in [0.25, 0.3) is 5.91 Å². The van der Waals surface area contributed by atoms with Crippen molar-refractivity contribution in [3.8, 4) is 0 Å². The number of aryl methyl sites for hydroxylation is 2. The first-order chi connectivity index (χ1) is 9.97. The zero-order valence-electron chi connectivity index (χ0n) is 12.3. The van der Waals surface area contributed by atoms with E-state index in [4.69, 9.17) is 0 Å². The summed E-state index contributed by atoms with van der Waals surface area (Å²) in [6.07, 6.45) is 1.60. The molecule has 0 spiro atoms. The highest BCUT2D eigenvalue weighted by molar-refractivity contribution is 5.97. The van der Waals surface area contributed by atoms with Crippen LogP contribution >= 0.6 is 0 Å². The number of hydrogen-bond donors (Lipinski definition) is 1. The van der Waals surface area contributed by atoms with Crippen LogP contribution in [-0.4, -0.2) is 42.3 Å². The van der Waals surface area contributed by atoms with Crippen LogP contribution in [0.25, 0.3) is 0 Å². The Balaban J connectivity index is 1.84. The van der Waals surface area contributed by atoms with Crippen LogP contribution in [0.2, 0.25) is 0 Å². The quantitative estimate of drug-likeness (QED) is 0.881. The average Bonchev–Trinajstić information content (AvgIpc) is 3.08. The Morgan fingerprint density at radius 1 is 1.48 bits per heavy atom. The third-order valence-corrected chi connectivity index (χ3v) is 3.71. The van der Waals surface area contributed by atoms with Gasteiger partial charge in [0, 0.05) is 19.7 Å². The highest BCUT2D eigenvalue weighted by Crippen LogP contribution is 2.28. The summed E-state index contributed by atoms with van der Waals surface area (Å²) < 4.78 is 3.24. The van der Waals surface area contributed by atoms with E-state index in [1.165, 1.54) is 4.68 Å². The number of hydrogen-bond acceptors (Lipinski definition) is 5. The summed E-state index contributed by atoms with van der Waals surface area (Å²) in [5, 5.41) is 21.6. The Bertz CT molecular complexity index is 674. The number of carbonyl (C=O) groups is 1. The fourth-order valence-electron chi connectivity index (χ4n) is 2.62. The summed E-state index contributed by atoms with van der Waals surface area (Å²) in [4.78, 5) is 14.3. The summed E-state index contributed by atoms with van der Waals surface area (Å²) in [7, 11) is 1.82. The molecule has 1 amide bonds. The van der Waals surface area contributed by atoms with Gasteiger partial charge in [-0.25, -0.2) is 4.68 Å². The van der Waals surface area contributed by atoms with E-state index in [9.17, 15) is 9.90 Å². The third-order valence-electron chi connectivity index (χ3n) is 3.71. The SMILES string of the molecule is Cc1cc(N2CCC(n3cc(C(C)O)nn3)C2=O)n(C)n1. The minimum absolute atomic E-state index is 0.0277. The van der Waals surface area contributed by atoms with E-state index in [1.807, 2.05) is 20.0 Å². The van der Waals surface area contributed by atoms with Crippen LogP contribution in [0.5, 0.6) is 0 Å². The van der Waals surface area contributed by atoms with E-state index in [1.54, 1.807) is 22.7 Å². The lowest BCUT2D eigenvalue weighted by Gasteiger charge is -2.16. The Labute approximate surface area is 122 Å². The normalized spacial score (nSPS) is 20.3. The van der Waals surface area contributed by atoms with E-state index in [2.05, 4.69) is 15.4 Å². The van der Waals surface area contributed by atoms with Crippen molar-refractivity contribution < 1.29 is 9.90 Å². The summed E-state index contributed by atoms with van der Waals surface area (Å²) in [6.45, 7) is 4.13. The minimum atomic E-state index is -0.689. The van der Waals surface area contributed by atoms with Crippen LogP contribution in [0.3, 0.4) is 0 Å². The fraction of sp³-hybridized carbons (Fsp3) is 0.538. The maximum atomic E-state index is 12.6. The van der Waals surface area contributed by atoms with Gasteiger partial charge in [0.2, 0.25) is 0 Å². The van der Waals surface area contributed by atoms with Gasteiger partial charge in [-0.05, 0) is 20.3 Å². The number of amides is 1. The molecular weight excluding hydrogens is 272 g/mol. The van der Waals surface area contributed by atoms with E-state index < -0.39 is 6.10 Å². The van der Waals surface area contributed by atoms with Gasteiger partial charge in [-0.1, -0.05) is 5.21 Å². The molecule has 2 unspecified atom stereocenters. The lowest BCUT2D eigenvalue weighted by molar-refractivity contribution is -0.120. The molecule has 2 atom stereocenters. The zero-order valence-corrected chi connectivity index (χ0v) is 12.3. The molecule has 3 rings (SSSR count). The molecule has 2 aromatic rings. The van der Waals surface area contributed by atoms with Gasteiger partial charge >= 0.3 is 0 Å². The molecule has 8 nitrogen and oxygen atoms in total. The van der Waals surface area contributed by atoms with E-state index >= 15 is 0 Å². The Hall–Kier alpha value is -2.22. The van der Waals surface area contributed by atoms with Crippen molar-refractivity contribution in [1.82, 2.24) is 24.8 Å². The second-order valence-electron chi connectivity index (χ2n) is 5.36. The molecule has 1 aliphatic heterocycles. The molecule has 2 aromatic heterocycles. The number of rotatable bonds is 3. The van der Waals surface area contributed by atoms with Gasteiger partial charge in [0.05, 0.1) is 18.0 Å². The van der Waals surface area contributed by atoms with Gasteiger partial charge in [0.1, 0.15) is 17.6 Å². The number of carbonyl (C=O) groups excluding carboxylic acids is 1. The van der Waals surface area contributed by atoms with Crippen molar-refractivity contribution in [3.63, 3.8) is 0 Å². The highest BCUT2D eigenvalue weighted by atomic mass is 16.3. The standard InChI is InChI=1S/C13H18N6O2/c1-8-6-12(17(3)15-8)18-5-4-11(13(18)21)19-7-10(9(2)20)14-16-19/h6-7,9,11,20H,4-5H2,1-3H3. The van der Waals surface area contributed by atoms with Gasteiger partial charge in [-0.2, -0.15) is 5.10 Å². The van der Waals surface area contributed by atoms with Crippen molar-refractivity contribution in [1.29, 1.82) is 0 Å². The number of nitrogens with zero attached hydrogens (tertiary/aromatic N) is 6. The predicted molar refractivity (Wildman–Crippen MR) is 74.6 cm³/mol. The first-order valence-corrected chi connectivity index (χ1v) is 6.89. The van der Waals surface area contributed by atoms with Crippen LogP contribution < -0.4 is 4.90 Å². The average molecular weight is 290 g/mol. The van der Waals surface area contributed by atoms with Crippen molar-refractivity contribution in [2.75, 3.05) is 11.4 Å². The molecule has 1 N–H and O–H groups in total. The van der Waals surface area contributed by atoms with Crippen molar-refractivity contribution in [2.45, 2.75) is 32.4 Å². The second kappa shape index (κ2) is 4.96. The largest absolute Gasteiger partial charge is 0.387 e.